The second-order valence-electron chi connectivity index (χ2n) is 5.98. The lowest BCUT2D eigenvalue weighted by molar-refractivity contribution is 0.174. The third-order valence-corrected chi connectivity index (χ3v) is 4.39. The Balaban J connectivity index is 1.81. The Morgan fingerprint density at radius 2 is 1.85 bits per heavy atom. The summed E-state index contributed by atoms with van der Waals surface area (Å²) in [4.78, 5) is 0. The highest BCUT2D eigenvalue weighted by atomic mass is 16.7. The minimum absolute atomic E-state index is 0.0421. The van der Waals surface area contributed by atoms with Crippen LogP contribution in [0, 0.1) is 5.41 Å². The molecule has 130 valence electrons. The van der Waals surface area contributed by atoms with Gasteiger partial charge in [0, 0.05) is 11.1 Å². The number of amidine groups is 1. The van der Waals surface area contributed by atoms with Crippen LogP contribution >= 0.6 is 0 Å². The summed E-state index contributed by atoms with van der Waals surface area (Å²) in [5.74, 6) is 2.31. The van der Waals surface area contributed by atoms with Gasteiger partial charge in [0.25, 0.3) is 0 Å². The Bertz CT molecular complexity index is 1040. The van der Waals surface area contributed by atoms with Gasteiger partial charge >= 0.3 is 0 Å². The monoisotopic (exact) mass is 346 g/mol. The highest BCUT2D eigenvalue weighted by Gasteiger charge is 2.13. The summed E-state index contributed by atoms with van der Waals surface area (Å²) in [6, 6.07) is 15.5. The topological polar surface area (TPSA) is 77.6 Å². The van der Waals surface area contributed by atoms with Crippen LogP contribution in [0.1, 0.15) is 16.7 Å². The minimum Gasteiger partial charge on any atom is -0.496 e. The zero-order valence-corrected chi connectivity index (χ0v) is 14.3. The van der Waals surface area contributed by atoms with Crippen molar-refractivity contribution in [1.29, 1.82) is 5.41 Å². The van der Waals surface area contributed by atoms with Gasteiger partial charge in [-0.15, -0.1) is 0 Å². The smallest absolute Gasteiger partial charge is 0.231 e. The molecule has 1 aliphatic rings. The van der Waals surface area contributed by atoms with Crippen LogP contribution in [0.15, 0.2) is 48.5 Å². The van der Waals surface area contributed by atoms with Gasteiger partial charge in [0.1, 0.15) is 11.6 Å². The molecule has 0 spiro atoms. The predicted octanol–water partition coefficient (Wildman–Crippen LogP) is 4.03. The summed E-state index contributed by atoms with van der Waals surface area (Å²) in [5, 5.41) is 9.73. The fourth-order valence-electron chi connectivity index (χ4n) is 3.04. The van der Waals surface area contributed by atoms with Gasteiger partial charge in [-0.2, -0.15) is 0 Å². The van der Waals surface area contributed by atoms with Crippen LogP contribution in [-0.4, -0.2) is 19.7 Å². The zero-order valence-electron chi connectivity index (χ0n) is 14.3. The maximum atomic E-state index is 7.69. The van der Waals surface area contributed by atoms with Gasteiger partial charge in [-0.25, -0.2) is 0 Å². The van der Waals surface area contributed by atoms with E-state index in [1.807, 2.05) is 60.7 Å². The summed E-state index contributed by atoms with van der Waals surface area (Å²) in [6.07, 6.45) is 4.00. The van der Waals surface area contributed by atoms with E-state index in [1.165, 1.54) is 0 Å². The van der Waals surface area contributed by atoms with E-state index in [0.29, 0.717) is 5.56 Å². The molecular formula is C21H18N2O3. The first-order chi connectivity index (χ1) is 12.7. The van der Waals surface area contributed by atoms with Gasteiger partial charge < -0.3 is 19.9 Å². The number of fused-ring (bicyclic) bond motifs is 2. The molecule has 26 heavy (non-hydrogen) atoms. The van der Waals surface area contributed by atoms with Crippen LogP contribution in [0.3, 0.4) is 0 Å². The van der Waals surface area contributed by atoms with Crippen molar-refractivity contribution in [1.82, 2.24) is 0 Å². The first-order valence-electron chi connectivity index (χ1n) is 8.18. The van der Waals surface area contributed by atoms with Crippen LogP contribution < -0.4 is 19.9 Å². The summed E-state index contributed by atoms with van der Waals surface area (Å²) < 4.78 is 16.3. The molecule has 1 heterocycles. The number of nitrogens with one attached hydrogen (secondary N) is 1. The van der Waals surface area contributed by atoms with Crippen molar-refractivity contribution < 1.29 is 14.2 Å². The van der Waals surface area contributed by atoms with E-state index < -0.39 is 0 Å². The fourth-order valence-corrected chi connectivity index (χ4v) is 3.04. The average Bonchev–Trinajstić information content (AvgIpc) is 3.13. The summed E-state index contributed by atoms with van der Waals surface area (Å²) in [7, 11) is 1.65. The third-order valence-electron chi connectivity index (χ3n) is 4.39. The molecular weight excluding hydrogens is 328 g/mol. The summed E-state index contributed by atoms with van der Waals surface area (Å²) in [5.41, 5.74) is 8.27. The Kier molecular flexibility index (Phi) is 3.97. The largest absolute Gasteiger partial charge is 0.496 e. The Hall–Kier alpha value is -3.47. The molecule has 0 aliphatic carbocycles. The zero-order chi connectivity index (χ0) is 18.1. The highest BCUT2D eigenvalue weighted by molar-refractivity contribution is 6.02. The molecule has 0 fully saturated rings. The number of nitrogen functional groups attached to an aromatic ring is 1. The van der Waals surface area contributed by atoms with Crippen molar-refractivity contribution in [3.05, 3.63) is 65.2 Å². The van der Waals surface area contributed by atoms with Crippen molar-refractivity contribution in [2.24, 2.45) is 5.73 Å². The fraction of sp³-hybridized carbons (Fsp3) is 0.0952. The molecule has 0 saturated heterocycles. The number of methoxy groups -OCH3 is 1. The van der Waals surface area contributed by atoms with Crippen molar-refractivity contribution in [3.63, 3.8) is 0 Å². The molecule has 0 bridgehead atoms. The van der Waals surface area contributed by atoms with Crippen molar-refractivity contribution in [2.45, 2.75) is 0 Å². The summed E-state index contributed by atoms with van der Waals surface area (Å²) in [6.45, 7) is 0.257. The van der Waals surface area contributed by atoms with Crippen LogP contribution in [-0.2, 0) is 0 Å². The molecule has 0 aromatic heterocycles. The average molecular weight is 346 g/mol. The van der Waals surface area contributed by atoms with Crippen molar-refractivity contribution in [3.8, 4) is 17.2 Å². The van der Waals surface area contributed by atoms with E-state index in [2.05, 4.69) is 0 Å². The lowest BCUT2D eigenvalue weighted by Crippen LogP contribution is -2.10. The van der Waals surface area contributed by atoms with Gasteiger partial charge in [0.2, 0.25) is 6.79 Å². The molecule has 3 N–H and O–H groups in total. The molecule has 5 nitrogen and oxygen atoms in total. The number of ether oxygens (including phenoxy) is 3. The molecule has 0 amide bonds. The molecule has 4 rings (SSSR count). The van der Waals surface area contributed by atoms with Crippen LogP contribution in [0.25, 0.3) is 22.9 Å². The number of rotatable bonds is 4. The quantitative estimate of drug-likeness (QED) is 0.425. The van der Waals surface area contributed by atoms with Gasteiger partial charge in [-0.3, -0.25) is 5.41 Å². The number of benzene rings is 3. The van der Waals surface area contributed by atoms with Crippen LogP contribution in [0.2, 0.25) is 0 Å². The normalized spacial score (nSPS) is 12.7. The number of hydrogen-bond acceptors (Lipinski definition) is 4. The maximum Gasteiger partial charge on any atom is 0.231 e. The van der Waals surface area contributed by atoms with Crippen molar-refractivity contribution in [2.75, 3.05) is 13.9 Å². The molecule has 3 aromatic rings. The molecule has 3 aromatic carbocycles. The van der Waals surface area contributed by atoms with Crippen molar-refractivity contribution >= 4 is 28.8 Å². The predicted molar refractivity (Wildman–Crippen MR) is 103 cm³/mol. The Labute approximate surface area is 151 Å². The molecule has 0 unspecified atom stereocenters. The molecule has 0 atom stereocenters. The maximum absolute atomic E-state index is 7.69. The molecule has 1 aliphatic heterocycles. The van der Waals surface area contributed by atoms with Crippen LogP contribution in [0.4, 0.5) is 0 Å². The van der Waals surface area contributed by atoms with Gasteiger partial charge in [-0.05, 0) is 40.6 Å². The van der Waals surface area contributed by atoms with E-state index >= 15 is 0 Å². The molecule has 5 heteroatoms. The second kappa shape index (κ2) is 6.44. The SMILES string of the molecule is COc1ccc2ccc(C(=N)N)cc2c1/C=C/c1ccc2c(c1)OCO2. The van der Waals surface area contributed by atoms with Crippen LogP contribution in [0.5, 0.6) is 17.2 Å². The van der Waals surface area contributed by atoms with E-state index in [1.54, 1.807) is 7.11 Å². The lowest BCUT2D eigenvalue weighted by atomic mass is 9.99. The standard InChI is InChI=1S/C21H18N2O3/c1-24-18-9-6-14-4-5-15(21(22)23)11-17(14)16(18)7-2-13-3-8-19-20(10-13)26-12-25-19/h2-11H,12H2,1H3,(H3,22,23)/b7-2+. The van der Waals surface area contributed by atoms with E-state index in [9.17, 15) is 0 Å². The number of nitrogens with two attached hydrogens (primary N) is 1. The highest BCUT2D eigenvalue weighted by Crippen LogP contribution is 2.34. The Morgan fingerprint density at radius 3 is 2.65 bits per heavy atom. The minimum atomic E-state index is 0.0421. The van der Waals surface area contributed by atoms with E-state index in [4.69, 9.17) is 25.4 Å². The molecule has 0 radical (unpaired) electrons. The number of hydrogen-bond donors (Lipinski definition) is 2. The van der Waals surface area contributed by atoms with E-state index in [0.717, 1.165) is 39.1 Å². The van der Waals surface area contributed by atoms with Gasteiger partial charge in [-0.1, -0.05) is 36.4 Å². The third kappa shape index (κ3) is 2.84. The van der Waals surface area contributed by atoms with Gasteiger partial charge in [0.15, 0.2) is 11.5 Å². The second-order valence-corrected chi connectivity index (χ2v) is 5.98. The molecule has 0 saturated carbocycles. The first kappa shape index (κ1) is 16.0. The van der Waals surface area contributed by atoms with E-state index in [-0.39, 0.29) is 12.6 Å². The first-order valence-corrected chi connectivity index (χ1v) is 8.18. The van der Waals surface area contributed by atoms with Gasteiger partial charge in [0.05, 0.1) is 7.11 Å². The Morgan fingerprint density at radius 1 is 1.04 bits per heavy atom. The lowest BCUT2D eigenvalue weighted by Gasteiger charge is -2.10. The summed E-state index contributed by atoms with van der Waals surface area (Å²) >= 11 is 0.